The first-order valence-electron chi connectivity index (χ1n) is 22.0. The Bertz CT molecular complexity index is 2200. The summed E-state index contributed by atoms with van der Waals surface area (Å²) in [5.41, 5.74) is 14.7. The van der Waals surface area contributed by atoms with Gasteiger partial charge in [-0.25, -0.2) is 8.42 Å². The van der Waals surface area contributed by atoms with Gasteiger partial charge in [-0.15, -0.1) is 0 Å². The number of primary amides is 3. The molecule has 26 heteroatoms. The van der Waals surface area contributed by atoms with Gasteiger partial charge in [0.05, 0.1) is 31.0 Å². The molecule has 0 bridgehead atoms. The Hall–Kier alpha value is -6.86. The fourth-order valence-electron chi connectivity index (χ4n) is 6.94. The maximum absolute atomic E-state index is 14.4. The van der Waals surface area contributed by atoms with Crippen molar-refractivity contribution in [2.75, 3.05) is 24.6 Å². The lowest BCUT2D eigenvalue weighted by molar-refractivity contribution is -0.142. The second-order valence-electron chi connectivity index (χ2n) is 17.4. The number of phenols is 1. The number of aromatic hydroxyl groups is 1. The number of hydrogen-bond donors (Lipinski definition) is 11. The van der Waals surface area contributed by atoms with Crippen LogP contribution >= 0.6 is 0 Å². The first-order chi connectivity index (χ1) is 31.7. The van der Waals surface area contributed by atoms with Crippen LogP contribution < -0.4 is 54.4 Å². The number of nitrogens with one attached hydrogen (secondary N) is 7. The first kappa shape index (κ1) is 55.5. The summed E-state index contributed by atoms with van der Waals surface area (Å²) in [6.45, 7) is 4.71. The van der Waals surface area contributed by atoms with Crippen molar-refractivity contribution < 1.29 is 66.3 Å². The molecule has 0 spiro atoms. The lowest BCUT2D eigenvalue weighted by Gasteiger charge is -2.31. The number of nitrogens with zero attached hydrogens (tertiary/aromatic N) is 1. The molecule has 14 N–H and O–H groups in total. The molecule has 68 heavy (non-hydrogen) atoms. The van der Waals surface area contributed by atoms with Gasteiger partial charge >= 0.3 is 0 Å². The zero-order chi connectivity index (χ0) is 51.1. The number of nitrogens with two attached hydrogens (primary N) is 3. The van der Waals surface area contributed by atoms with Crippen LogP contribution in [0.15, 0.2) is 24.3 Å². The van der Waals surface area contributed by atoms with E-state index < -0.39 is 179 Å². The smallest absolute Gasteiger partial charge is 0.245 e. The van der Waals surface area contributed by atoms with Gasteiger partial charge in [0.1, 0.15) is 41.5 Å². The number of carbonyl (C=O) groups excluding carboxylic acids is 11. The number of carbonyl (C=O) groups is 11. The van der Waals surface area contributed by atoms with E-state index in [0.717, 1.165) is 4.90 Å². The van der Waals surface area contributed by atoms with Gasteiger partial charge in [-0.05, 0) is 63.1 Å². The van der Waals surface area contributed by atoms with Crippen LogP contribution in [0.5, 0.6) is 5.75 Å². The minimum Gasteiger partial charge on any atom is -0.508 e. The van der Waals surface area contributed by atoms with Gasteiger partial charge in [0.25, 0.3) is 0 Å². The van der Waals surface area contributed by atoms with Crippen LogP contribution in [0.25, 0.3) is 0 Å². The summed E-state index contributed by atoms with van der Waals surface area (Å²) in [5.74, 6) is -12.9. The monoisotopic (exact) mass is 977 g/mol. The molecular formula is C42H63N11O14S. The summed E-state index contributed by atoms with van der Waals surface area (Å²) >= 11 is 0. The number of sulfone groups is 1. The number of rotatable bonds is 17. The van der Waals surface area contributed by atoms with Crippen LogP contribution in [0.4, 0.5) is 0 Å². The average Bonchev–Trinajstić information content (AvgIpc) is 4.10. The molecule has 25 nitrogen and oxygen atoms in total. The molecule has 1 saturated carbocycles. The van der Waals surface area contributed by atoms with Crippen LogP contribution in [-0.2, 0) is 69.0 Å². The van der Waals surface area contributed by atoms with E-state index in [0.29, 0.717) is 24.8 Å². The molecule has 2 fully saturated rings. The zero-order valence-corrected chi connectivity index (χ0v) is 39.2. The van der Waals surface area contributed by atoms with E-state index in [-0.39, 0.29) is 12.2 Å². The molecule has 11 amide bonds. The fourth-order valence-corrected chi connectivity index (χ4v) is 8.23. The minimum absolute atomic E-state index is 0.0908. The Balaban J connectivity index is 2.08. The Kier molecular flexibility index (Phi) is 20.2. The molecule has 0 aromatic heterocycles. The molecule has 3 rings (SSSR count). The Labute approximate surface area is 392 Å². The van der Waals surface area contributed by atoms with E-state index in [1.165, 1.54) is 38.1 Å². The molecular weight excluding hydrogens is 915 g/mol. The molecule has 1 aromatic carbocycles. The summed E-state index contributed by atoms with van der Waals surface area (Å²) in [5, 5.41) is 26.8. The van der Waals surface area contributed by atoms with Crippen LogP contribution in [0.1, 0.15) is 84.6 Å². The lowest BCUT2D eigenvalue weighted by atomic mass is 9.96. The van der Waals surface area contributed by atoms with E-state index in [4.69, 9.17) is 17.2 Å². The largest absolute Gasteiger partial charge is 0.508 e. The molecule has 1 aliphatic carbocycles. The van der Waals surface area contributed by atoms with Gasteiger partial charge in [-0.2, -0.15) is 0 Å². The van der Waals surface area contributed by atoms with Gasteiger partial charge in [0, 0.05) is 25.3 Å². The van der Waals surface area contributed by atoms with Crippen molar-refractivity contribution in [3.05, 3.63) is 29.8 Å². The fraction of sp³-hybridized carbons (Fsp3) is 0.595. The highest BCUT2D eigenvalue weighted by atomic mass is 32.2. The van der Waals surface area contributed by atoms with Crippen molar-refractivity contribution in [2.24, 2.45) is 23.1 Å². The van der Waals surface area contributed by atoms with Crippen molar-refractivity contribution in [3.63, 3.8) is 0 Å². The van der Waals surface area contributed by atoms with Crippen molar-refractivity contribution in [3.8, 4) is 5.75 Å². The zero-order valence-electron chi connectivity index (χ0n) is 38.4. The summed E-state index contributed by atoms with van der Waals surface area (Å²) < 4.78 is 27.1. The van der Waals surface area contributed by atoms with Crippen molar-refractivity contribution in [2.45, 2.75) is 127 Å². The van der Waals surface area contributed by atoms with Crippen LogP contribution in [-0.4, -0.2) is 150 Å². The maximum Gasteiger partial charge on any atom is 0.245 e. The highest BCUT2D eigenvalue weighted by Crippen LogP contribution is 2.28. The number of benzene rings is 1. The van der Waals surface area contributed by atoms with Gasteiger partial charge in [0.2, 0.25) is 65.0 Å². The molecule has 6 atom stereocenters. The lowest BCUT2D eigenvalue weighted by Crippen LogP contribution is -2.61. The predicted molar refractivity (Wildman–Crippen MR) is 240 cm³/mol. The number of phenolic OH excluding ortho intramolecular Hbond substituents is 1. The Morgan fingerprint density at radius 1 is 0.794 bits per heavy atom. The molecule has 1 aliphatic heterocycles. The Morgan fingerprint density at radius 3 is 1.97 bits per heavy atom. The quantitative estimate of drug-likeness (QED) is 0.0699. The van der Waals surface area contributed by atoms with Gasteiger partial charge in [0.15, 0.2) is 9.84 Å². The third-order valence-electron chi connectivity index (χ3n) is 11.2. The van der Waals surface area contributed by atoms with Crippen molar-refractivity contribution in [1.29, 1.82) is 0 Å². The minimum atomic E-state index is -4.28. The molecule has 1 heterocycles. The molecule has 1 aromatic rings. The highest BCUT2D eigenvalue weighted by molar-refractivity contribution is 7.91. The average molecular weight is 978 g/mol. The van der Waals surface area contributed by atoms with E-state index in [9.17, 15) is 66.3 Å². The molecule has 0 unspecified atom stereocenters. The van der Waals surface area contributed by atoms with E-state index in [1.54, 1.807) is 13.8 Å². The summed E-state index contributed by atoms with van der Waals surface area (Å²) in [4.78, 5) is 146. The van der Waals surface area contributed by atoms with Crippen molar-refractivity contribution in [1.82, 2.24) is 42.1 Å². The molecule has 376 valence electrons. The number of hydrogen-bond acceptors (Lipinski definition) is 14. The number of amides is 11. The second kappa shape index (κ2) is 24.8. The van der Waals surface area contributed by atoms with Gasteiger partial charge in [-0.3, -0.25) is 52.7 Å². The normalized spacial score (nSPS) is 22.6. The predicted octanol–water partition coefficient (Wildman–Crippen LogP) is -4.76. The van der Waals surface area contributed by atoms with Crippen LogP contribution in [0, 0.1) is 5.92 Å². The van der Waals surface area contributed by atoms with Crippen LogP contribution in [0.3, 0.4) is 0 Å². The third kappa shape index (κ3) is 18.1. The topological polar surface area (TPSA) is 408 Å². The maximum atomic E-state index is 14.4. The summed E-state index contributed by atoms with van der Waals surface area (Å²) in [6, 6.07) is -3.06. The van der Waals surface area contributed by atoms with Gasteiger partial charge in [-0.1, -0.05) is 32.4 Å². The van der Waals surface area contributed by atoms with E-state index in [2.05, 4.69) is 37.2 Å². The molecule has 2 aliphatic rings. The standard InChI is InChI=1S/C42H63N11O14S/c1-5-22(2)35-39(63)48-26(12-13-30(43)55)36(60)50-29(19-31(44)56)37(61)49-27(40(64)53(24-8-9-24)21-34(59)52-42(3,4)41(65)46-20-32(45)57)14-16-68(66,67)17-15-33(58)47-28(38(62)51-35)18-23-6-10-25(54)11-7-23/h6-7,10-11,22,24,26-29,35,54H,5,8-9,12-21H2,1-4H3,(H2,43,55)(H2,44,56)(H2,45,57)(H,46,65)(H,47,58)(H,48,63)(H,49,61)(H,50,60)(H,51,62)(H,52,59)/t22-,26-,27-,28-,29-,35-/m0/s1. The summed E-state index contributed by atoms with van der Waals surface area (Å²) in [7, 11) is -4.28. The molecule has 1 saturated heterocycles. The highest BCUT2D eigenvalue weighted by Gasteiger charge is 2.41. The van der Waals surface area contributed by atoms with Gasteiger partial charge < -0.3 is 64.4 Å². The third-order valence-corrected chi connectivity index (χ3v) is 12.9. The molecule has 0 radical (unpaired) electrons. The van der Waals surface area contributed by atoms with Crippen LogP contribution in [0.2, 0.25) is 0 Å². The summed E-state index contributed by atoms with van der Waals surface area (Å²) in [6.07, 6.45) is -2.29. The van der Waals surface area contributed by atoms with E-state index >= 15 is 0 Å². The second-order valence-corrected chi connectivity index (χ2v) is 19.7. The first-order valence-corrected chi connectivity index (χ1v) is 23.8. The van der Waals surface area contributed by atoms with Crippen molar-refractivity contribution >= 4 is 74.8 Å². The van der Waals surface area contributed by atoms with E-state index in [1.807, 2.05) is 0 Å². The Morgan fingerprint density at radius 2 is 1.40 bits per heavy atom. The SMILES string of the molecule is CC[C@H](C)[C@@H]1NC(=O)[C@H](Cc2ccc(O)cc2)NC(=O)CCS(=O)(=O)CC[C@@H](C(=O)N(CC(=O)NC(C)(C)C(=O)NCC(N)=O)C2CC2)NC(=O)[C@H](CC(N)=O)NC(=O)[C@H](CCC(N)=O)NC1=O.